The van der Waals surface area contributed by atoms with Gasteiger partial charge in [0.05, 0.1) is 10.6 Å². The van der Waals surface area contributed by atoms with E-state index in [2.05, 4.69) is 9.44 Å². The molecule has 2 N–H and O–H groups in total. The first-order valence-electron chi connectivity index (χ1n) is 8.69. The largest absolute Gasteiger partial charge is 0.283 e. The highest BCUT2D eigenvalue weighted by atomic mass is 35.5. The van der Waals surface area contributed by atoms with Crippen molar-refractivity contribution in [2.45, 2.75) is 17.6 Å². The first-order valence-corrected chi connectivity index (χ1v) is 12.6. The standard InChI is InChI=1S/C20H18Cl2N2O4S2/c1-14-4-2-5-16(12-14)24-30(27,28)17-10-8-15(9-11-17)23-29(25,26)13-18-19(21)6-3-7-20(18)22/h2-12,23-24H,13H2,1H3. The normalized spacial score (nSPS) is 11.8. The zero-order valence-corrected chi connectivity index (χ0v) is 18.9. The van der Waals surface area contributed by atoms with E-state index >= 15 is 0 Å². The molecule has 0 saturated heterocycles. The van der Waals surface area contributed by atoms with Gasteiger partial charge in [0.1, 0.15) is 0 Å². The molecule has 0 bridgehead atoms. The van der Waals surface area contributed by atoms with Crippen molar-refractivity contribution < 1.29 is 16.8 Å². The van der Waals surface area contributed by atoms with Crippen molar-refractivity contribution in [3.63, 3.8) is 0 Å². The summed E-state index contributed by atoms with van der Waals surface area (Å²) < 4.78 is 54.9. The Morgan fingerprint density at radius 1 is 0.767 bits per heavy atom. The number of rotatable bonds is 7. The van der Waals surface area contributed by atoms with Crippen molar-refractivity contribution in [1.82, 2.24) is 0 Å². The van der Waals surface area contributed by atoms with Crippen LogP contribution in [0, 0.1) is 6.92 Å². The number of aryl methyl sites for hydroxylation is 1. The Labute approximate surface area is 186 Å². The fourth-order valence-corrected chi connectivity index (χ4v) is 5.70. The molecular weight excluding hydrogens is 467 g/mol. The van der Waals surface area contributed by atoms with Crippen LogP contribution in [0.2, 0.25) is 10.0 Å². The van der Waals surface area contributed by atoms with Gasteiger partial charge in [-0.1, -0.05) is 41.4 Å². The van der Waals surface area contributed by atoms with Crippen LogP contribution in [0.5, 0.6) is 0 Å². The molecule has 0 aliphatic carbocycles. The van der Waals surface area contributed by atoms with Crippen LogP contribution in [0.3, 0.4) is 0 Å². The average molecular weight is 485 g/mol. The van der Waals surface area contributed by atoms with Crippen LogP contribution in [-0.4, -0.2) is 16.8 Å². The summed E-state index contributed by atoms with van der Waals surface area (Å²) in [7, 11) is -7.63. The smallest absolute Gasteiger partial charge is 0.261 e. The maximum atomic E-state index is 12.5. The van der Waals surface area contributed by atoms with Crippen molar-refractivity contribution in [1.29, 1.82) is 0 Å². The quantitative estimate of drug-likeness (QED) is 0.490. The van der Waals surface area contributed by atoms with E-state index in [9.17, 15) is 16.8 Å². The number of sulfonamides is 2. The zero-order chi connectivity index (χ0) is 21.9. The van der Waals surface area contributed by atoms with Crippen LogP contribution in [0.4, 0.5) is 11.4 Å². The van der Waals surface area contributed by atoms with Crippen molar-refractivity contribution in [2.75, 3.05) is 9.44 Å². The summed E-state index contributed by atoms with van der Waals surface area (Å²) in [6.45, 7) is 1.86. The van der Waals surface area contributed by atoms with Gasteiger partial charge >= 0.3 is 0 Å². The molecule has 0 heterocycles. The van der Waals surface area contributed by atoms with Crippen LogP contribution in [0.15, 0.2) is 71.6 Å². The van der Waals surface area contributed by atoms with E-state index in [4.69, 9.17) is 23.2 Å². The SMILES string of the molecule is Cc1cccc(NS(=O)(=O)c2ccc(NS(=O)(=O)Cc3c(Cl)cccc3Cl)cc2)c1. The third-order valence-electron chi connectivity index (χ3n) is 4.10. The van der Waals surface area contributed by atoms with Gasteiger partial charge in [0.25, 0.3) is 10.0 Å². The van der Waals surface area contributed by atoms with Crippen LogP contribution >= 0.6 is 23.2 Å². The molecule has 3 rings (SSSR count). The molecule has 0 amide bonds. The third kappa shape index (κ3) is 5.66. The summed E-state index contributed by atoms with van der Waals surface area (Å²) in [5.41, 5.74) is 1.86. The molecule has 0 spiro atoms. The molecule has 0 aromatic heterocycles. The number of benzene rings is 3. The summed E-state index contributed by atoms with van der Waals surface area (Å²) in [5.74, 6) is -0.416. The minimum absolute atomic E-state index is 0.00102. The predicted octanol–water partition coefficient (Wildman–Crippen LogP) is 5.04. The number of hydrogen-bond donors (Lipinski definition) is 2. The predicted molar refractivity (Wildman–Crippen MR) is 121 cm³/mol. The van der Waals surface area contributed by atoms with E-state index in [0.717, 1.165) is 5.56 Å². The van der Waals surface area contributed by atoms with E-state index in [-0.39, 0.29) is 26.2 Å². The molecule has 0 radical (unpaired) electrons. The summed E-state index contributed by atoms with van der Waals surface area (Å²) >= 11 is 12.1. The first-order chi connectivity index (χ1) is 14.1. The van der Waals surface area contributed by atoms with Crippen LogP contribution < -0.4 is 9.44 Å². The topological polar surface area (TPSA) is 92.3 Å². The lowest BCUT2D eigenvalue weighted by Crippen LogP contribution is -2.16. The van der Waals surface area contributed by atoms with Crippen LogP contribution in [-0.2, 0) is 25.8 Å². The van der Waals surface area contributed by atoms with Crippen molar-refractivity contribution in [3.8, 4) is 0 Å². The van der Waals surface area contributed by atoms with Crippen molar-refractivity contribution in [3.05, 3.63) is 87.9 Å². The molecule has 30 heavy (non-hydrogen) atoms. The van der Waals surface area contributed by atoms with Gasteiger partial charge in [-0.25, -0.2) is 16.8 Å². The Balaban J connectivity index is 1.75. The fraction of sp³-hybridized carbons (Fsp3) is 0.100. The summed E-state index contributed by atoms with van der Waals surface area (Å²) in [6.07, 6.45) is 0. The summed E-state index contributed by atoms with van der Waals surface area (Å²) in [4.78, 5) is 0.00102. The Hall–Kier alpha value is -2.26. The van der Waals surface area contributed by atoms with Gasteiger partial charge in [-0.3, -0.25) is 9.44 Å². The van der Waals surface area contributed by atoms with Crippen LogP contribution in [0.1, 0.15) is 11.1 Å². The number of halogens is 2. The van der Waals surface area contributed by atoms with Crippen LogP contribution in [0.25, 0.3) is 0 Å². The van der Waals surface area contributed by atoms with E-state index in [1.165, 1.54) is 24.3 Å². The lowest BCUT2D eigenvalue weighted by atomic mass is 10.2. The summed E-state index contributed by atoms with van der Waals surface area (Å²) in [5, 5.41) is 0.494. The van der Waals surface area contributed by atoms with Crippen molar-refractivity contribution in [2.24, 2.45) is 0 Å². The number of nitrogens with one attached hydrogen (secondary N) is 2. The minimum atomic E-state index is -3.82. The highest BCUT2D eigenvalue weighted by Crippen LogP contribution is 2.27. The third-order valence-corrected chi connectivity index (χ3v) is 7.43. The summed E-state index contributed by atoms with van der Waals surface area (Å²) in [6, 6.07) is 17.1. The van der Waals surface area contributed by atoms with Gasteiger partial charge in [-0.05, 0) is 61.0 Å². The first kappa shape index (κ1) is 22.4. The van der Waals surface area contributed by atoms with Gasteiger partial charge in [0.2, 0.25) is 10.0 Å². The molecule has 0 unspecified atom stereocenters. The van der Waals surface area contributed by atoms with Crippen molar-refractivity contribution >= 4 is 54.6 Å². The monoisotopic (exact) mass is 484 g/mol. The fourth-order valence-electron chi connectivity index (χ4n) is 2.70. The molecule has 0 atom stereocenters. The van der Waals surface area contributed by atoms with E-state index in [0.29, 0.717) is 5.69 Å². The van der Waals surface area contributed by atoms with E-state index in [1.54, 1.807) is 36.4 Å². The lowest BCUT2D eigenvalue weighted by molar-refractivity contribution is 0.599. The Kier molecular flexibility index (Phi) is 6.62. The Morgan fingerprint density at radius 3 is 1.97 bits per heavy atom. The molecule has 0 aliphatic rings. The van der Waals surface area contributed by atoms with Gasteiger partial charge < -0.3 is 0 Å². The maximum Gasteiger partial charge on any atom is 0.261 e. The molecule has 0 fully saturated rings. The zero-order valence-electron chi connectivity index (χ0n) is 15.8. The second kappa shape index (κ2) is 8.85. The molecule has 3 aromatic rings. The molecule has 158 valence electrons. The minimum Gasteiger partial charge on any atom is -0.283 e. The second-order valence-corrected chi connectivity index (χ2v) is 10.8. The maximum absolute atomic E-state index is 12.5. The van der Waals surface area contributed by atoms with E-state index < -0.39 is 25.8 Å². The van der Waals surface area contributed by atoms with Gasteiger partial charge in [0, 0.05) is 27.0 Å². The van der Waals surface area contributed by atoms with Gasteiger partial charge in [0.15, 0.2) is 0 Å². The second-order valence-electron chi connectivity index (χ2n) is 6.56. The molecule has 0 saturated carbocycles. The Morgan fingerprint density at radius 2 is 1.37 bits per heavy atom. The highest BCUT2D eigenvalue weighted by Gasteiger charge is 2.18. The average Bonchev–Trinajstić information content (AvgIpc) is 2.65. The van der Waals surface area contributed by atoms with E-state index in [1.807, 2.05) is 13.0 Å². The molecule has 10 heteroatoms. The lowest BCUT2D eigenvalue weighted by Gasteiger charge is -2.12. The number of hydrogen-bond acceptors (Lipinski definition) is 4. The molecule has 6 nitrogen and oxygen atoms in total. The molecular formula is C20H18Cl2N2O4S2. The molecule has 0 aliphatic heterocycles. The Bertz CT molecular complexity index is 1260. The van der Waals surface area contributed by atoms with Gasteiger partial charge in [-0.2, -0.15) is 0 Å². The number of anilines is 2. The highest BCUT2D eigenvalue weighted by molar-refractivity contribution is 7.92. The van der Waals surface area contributed by atoms with Gasteiger partial charge in [-0.15, -0.1) is 0 Å². The molecule has 3 aromatic carbocycles.